The highest BCUT2D eigenvalue weighted by atomic mass is 35.5. The van der Waals surface area contributed by atoms with E-state index in [9.17, 15) is 4.79 Å². The molecule has 0 aliphatic carbocycles. The van der Waals surface area contributed by atoms with Crippen molar-refractivity contribution in [2.45, 2.75) is 0 Å². The van der Waals surface area contributed by atoms with E-state index in [4.69, 9.17) is 26.1 Å². The van der Waals surface area contributed by atoms with Crippen LogP contribution < -0.4 is 15.0 Å². The molecule has 7 heteroatoms. The lowest BCUT2D eigenvalue weighted by Gasteiger charge is -2.18. The Bertz CT molecular complexity index is 1210. The number of aromatic nitrogens is 3. The summed E-state index contributed by atoms with van der Waals surface area (Å²) in [7, 11) is 0. The van der Waals surface area contributed by atoms with Gasteiger partial charge in [0.2, 0.25) is 0 Å². The number of aromatic amines is 1. The summed E-state index contributed by atoms with van der Waals surface area (Å²) in [6.45, 7) is 1.04. The topological polar surface area (TPSA) is 68.6 Å². The maximum Gasteiger partial charge on any atom is 0.273 e. The van der Waals surface area contributed by atoms with E-state index in [-0.39, 0.29) is 5.56 Å². The molecule has 1 N–H and O–H groups in total. The maximum atomic E-state index is 12.6. The van der Waals surface area contributed by atoms with Crippen molar-refractivity contribution in [3.8, 4) is 33.9 Å². The first-order valence-corrected chi connectivity index (χ1v) is 8.84. The maximum absolute atomic E-state index is 12.6. The van der Waals surface area contributed by atoms with Crippen molar-refractivity contribution in [3.63, 3.8) is 0 Å². The Hall–Kier alpha value is -3.25. The van der Waals surface area contributed by atoms with Crippen LogP contribution in [0.15, 0.2) is 59.5 Å². The SMILES string of the molecule is O=c1cc(-c2ccc3c(c2)OCCO3)nc2c(-c3ccc(Cl)cc3)c[nH]n12. The normalized spacial score (nSPS) is 13.1. The predicted molar refractivity (Wildman–Crippen MR) is 103 cm³/mol. The molecule has 134 valence electrons. The second-order valence-electron chi connectivity index (χ2n) is 6.19. The monoisotopic (exact) mass is 379 g/mol. The van der Waals surface area contributed by atoms with E-state index < -0.39 is 0 Å². The number of hydrogen-bond donors (Lipinski definition) is 1. The molecule has 27 heavy (non-hydrogen) atoms. The fraction of sp³-hybridized carbons (Fsp3) is 0.100. The van der Waals surface area contributed by atoms with E-state index in [0.29, 0.717) is 41.1 Å². The molecule has 6 nitrogen and oxygen atoms in total. The molecule has 0 bridgehead atoms. The second-order valence-corrected chi connectivity index (χ2v) is 6.63. The lowest BCUT2D eigenvalue weighted by molar-refractivity contribution is 0.171. The van der Waals surface area contributed by atoms with Gasteiger partial charge in [-0.2, -0.15) is 0 Å². The van der Waals surface area contributed by atoms with Crippen molar-refractivity contribution >= 4 is 17.2 Å². The minimum Gasteiger partial charge on any atom is -0.486 e. The van der Waals surface area contributed by atoms with Crippen LogP contribution >= 0.6 is 11.6 Å². The fourth-order valence-electron chi connectivity index (χ4n) is 3.17. The number of hydrogen-bond acceptors (Lipinski definition) is 4. The van der Waals surface area contributed by atoms with Crippen LogP contribution in [-0.2, 0) is 0 Å². The molecule has 0 spiro atoms. The Morgan fingerprint density at radius 3 is 2.52 bits per heavy atom. The zero-order chi connectivity index (χ0) is 18.4. The van der Waals surface area contributed by atoms with Gasteiger partial charge in [0.25, 0.3) is 5.56 Å². The van der Waals surface area contributed by atoms with Crippen LogP contribution in [0, 0.1) is 0 Å². The van der Waals surface area contributed by atoms with Gasteiger partial charge < -0.3 is 9.47 Å². The lowest BCUT2D eigenvalue weighted by atomic mass is 10.1. The minimum atomic E-state index is -0.190. The van der Waals surface area contributed by atoms with Gasteiger partial charge in [0.05, 0.1) is 5.69 Å². The Morgan fingerprint density at radius 2 is 1.70 bits per heavy atom. The van der Waals surface area contributed by atoms with E-state index in [0.717, 1.165) is 16.7 Å². The van der Waals surface area contributed by atoms with Gasteiger partial charge >= 0.3 is 0 Å². The zero-order valence-electron chi connectivity index (χ0n) is 14.1. The van der Waals surface area contributed by atoms with Gasteiger partial charge in [0, 0.05) is 28.4 Å². The highest BCUT2D eigenvalue weighted by Gasteiger charge is 2.15. The summed E-state index contributed by atoms with van der Waals surface area (Å²) in [6, 6.07) is 14.5. The fourth-order valence-corrected chi connectivity index (χ4v) is 3.30. The van der Waals surface area contributed by atoms with Crippen LogP contribution in [0.1, 0.15) is 0 Å². The van der Waals surface area contributed by atoms with Gasteiger partial charge in [0.15, 0.2) is 17.1 Å². The van der Waals surface area contributed by atoms with Gasteiger partial charge in [-0.05, 0) is 35.9 Å². The molecule has 5 rings (SSSR count). The quantitative estimate of drug-likeness (QED) is 0.575. The van der Waals surface area contributed by atoms with Crippen molar-refractivity contribution in [1.82, 2.24) is 14.6 Å². The molecule has 0 saturated heterocycles. The highest BCUT2D eigenvalue weighted by molar-refractivity contribution is 6.30. The molecule has 1 aliphatic rings. The molecule has 2 aromatic carbocycles. The molecule has 0 saturated carbocycles. The minimum absolute atomic E-state index is 0.190. The molecule has 0 amide bonds. The third-order valence-corrected chi connectivity index (χ3v) is 4.74. The van der Waals surface area contributed by atoms with Crippen LogP contribution in [0.3, 0.4) is 0 Å². The Morgan fingerprint density at radius 1 is 0.963 bits per heavy atom. The van der Waals surface area contributed by atoms with Gasteiger partial charge in [-0.1, -0.05) is 23.7 Å². The number of H-pyrrole nitrogens is 1. The molecule has 0 radical (unpaired) electrons. The van der Waals surface area contributed by atoms with Crippen LogP contribution in [-0.4, -0.2) is 27.8 Å². The first-order valence-electron chi connectivity index (χ1n) is 8.46. The number of halogens is 1. The number of rotatable bonds is 2. The van der Waals surface area contributed by atoms with Crippen molar-refractivity contribution in [2.75, 3.05) is 13.2 Å². The van der Waals surface area contributed by atoms with Crippen LogP contribution in [0.4, 0.5) is 0 Å². The number of nitrogens with one attached hydrogen (secondary N) is 1. The summed E-state index contributed by atoms with van der Waals surface area (Å²) >= 11 is 5.98. The third kappa shape index (κ3) is 2.74. The van der Waals surface area contributed by atoms with E-state index >= 15 is 0 Å². The summed E-state index contributed by atoms with van der Waals surface area (Å²) in [4.78, 5) is 17.3. The van der Waals surface area contributed by atoms with Crippen molar-refractivity contribution < 1.29 is 9.47 Å². The average Bonchev–Trinajstić information content (AvgIpc) is 3.13. The summed E-state index contributed by atoms with van der Waals surface area (Å²) < 4.78 is 12.6. The third-order valence-electron chi connectivity index (χ3n) is 4.49. The van der Waals surface area contributed by atoms with Gasteiger partial charge in [0.1, 0.15) is 13.2 Å². The number of ether oxygens (including phenoxy) is 2. The Balaban J connectivity index is 1.67. The Kier molecular flexibility index (Phi) is 3.65. The molecule has 4 aromatic rings. The molecule has 3 heterocycles. The standard InChI is InChI=1S/C20H14ClN3O3/c21-14-4-1-12(2-5-14)15-11-22-24-19(25)10-16(23-20(15)24)13-3-6-17-18(9-13)27-8-7-26-17/h1-6,9-11,22H,7-8H2. The van der Waals surface area contributed by atoms with Crippen molar-refractivity contribution in [2.24, 2.45) is 0 Å². The molecule has 0 unspecified atom stereocenters. The van der Waals surface area contributed by atoms with E-state index in [1.807, 2.05) is 42.5 Å². The average molecular weight is 380 g/mol. The van der Waals surface area contributed by atoms with Crippen molar-refractivity contribution in [3.05, 3.63) is 70.1 Å². The van der Waals surface area contributed by atoms with Gasteiger partial charge in [-0.3, -0.25) is 9.89 Å². The van der Waals surface area contributed by atoms with E-state index in [1.165, 1.54) is 10.6 Å². The number of fused-ring (bicyclic) bond motifs is 2. The summed E-state index contributed by atoms with van der Waals surface area (Å²) in [5.74, 6) is 1.36. The van der Waals surface area contributed by atoms with Gasteiger partial charge in [-0.25, -0.2) is 9.50 Å². The van der Waals surface area contributed by atoms with E-state index in [2.05, 4.69) is 5.10 Å². The first-order chi connectivity index (χ1) is 13.2. The van der Waals surface area contributed by atoms with E-state index in [1.54, 1.807) is 6.20 Å². The predicted octanol–water partition coefficient (Wildman–Crippen LogP) is 3.78. The molecule has 1 aliphatic heterocycles. The molecular formula is C20H14ClN3O3. The zero-order valence-corrected chi connectivity index (χ0v) is 14.9. The Labute approximate surface area is 158 Å². The summed E-state index contributed by atoms with van der Waals surface area (Å²) in [6.07, 6.45) is 1.76. The molecule has 2 aromatic heterocycles. The smallest absolute Gasteiger partial charge is 0.273 e. The summed E-state index contributed by atoms with van der Waals surface area (Å²) in [5, 5.41) is 3.62. The highest BCUT2D eigenvalue weighted by Crippen LogP contribution is 2.34. The van der Waals surface area contributed by atoms with Crippen LogP contribution in [0.5, 0.6) is 11.5 Å². The van der Waals surface area contributed by atoms with Crippen LogP contribution in [0.25, 0.3) is 28.0 Å². The second kappa shape index (κ2) is 6.17. The van der Waals surface area contributed by atoms with Gasteiger partial charge in [-0.15, -0.1) is 0 Å². The molecule has 0 fully saturated rings. The van der Waals surface area contributed by atoms with Crippen molar-refractivity contribution in [1.29, 1.82) is 0 Å². The molecular weight excluding hydrogens is 366 g/mol. The molecule has 0 atom stereocenters. The summed E-state index contributed by atoms with van der Waals surface area (Å²) in [5.41, 5.74) is 3.47. The largest absolute Gasteiger partial charge is 0.486 e. The first kappa shape index (κ1) is 16.0. The lowest BCUT2D eigenvalue weighted by Crippen LogP contribution is -2.16. The van der Waals surface area contributed by atoms with Crippen LogP contribution in [0.2, 0.25) is 5.02 Å². The number of benzene rings is 2. The number of nitrogens with zero attached hydrogens (tertiary/aromatic N) is 2.